The second-order valence-electron chi connectivity index (χ2n) is 6.49. The van der Waals surface area contributed by atoms with E-state index in [1.165, 1.54) is 23.3 Å². The molecule has 0 bridgehead atoms. The molecule has 0 amide bonds. The van der Waals surface area contributed by atoms with Gasteiger partial charge >= 0.3 is 0 Å². The van der Waals surface area contributed by atoms with Gasteiger partial charge in [0.05, 0.1) is 4.92 Å². The first kappa shape index (κ1) is 18.3. The predicted octanol–water partition coefficient (Wildman–Crippen LogP) is 3.42. The molecule has 0 atom stereocenters. The molecule has 136 valence electrons. The minimum Gasteiger partial charge on any atom is -0.346 e. The number of non-ortho nitro benzene ring substituents is 1. The lowest BCUT2D eigenvalue weighted by Crippen LogP contribution is -2.49. The van der Waals surface area contributed by atoms with E-state index in [4.69, 9.17) is 12.2 Å². The number of anilines is 1. The third kappa shape index (κ3) is 4.77. The van der Waals surface area contributed by atoms with Gasteiger partial charge in [-0.15, -0.1) is 0 Å². The maximum Gasteiger partial charge on any atom is 0.269 e. The summed E-state index contributed by atoms with van der Waals surface area (Å²) in [6, 6.07) is 14.9. The van der Waals surface area contributed by atoms with Crippen molar-refractivity contribution in [2.24, 2.45) is 0 Å². The molecule has 1 aliphatic heterocycles. The van der Waals surface area contributed by atoms with Crippen LogP contribution in [0.4, 0.5) is 11.4 Å². The van der Waals surface area contributed by atoms with Gasteiger partial charge in [-0.3, -0.25) is 15.0 Å². The maximum absolute atomic E-state index is 10.7. The highest BCUT2D eigenvalue weighted by molar-refractivity contribution is 7.80. The predicted molar refractivity (Wildman–Crippen MR) is 107 cm³/mol. The topological polar surface area (TPSA) is 61.6 Å². The fourth-order valence-electron chi connectivity index (χ4n) is 3.05. The Kier molecular flexibility index (Phi) is 5.80. The molecule has 26 heavy (non-hydrogen) atoms. The lowest BCUT2D eigenvalue weighted by Gasteiger charge is -2.36. The van der Waals surface area contributed by atoms with Gasteiger partial charge in [-0.05, 0) is 36.8 Å². The van der Waals surface area contributed by atoms with E-state index in [1.54, 1.807) is 12.1 Å². The molecule has 0 unspecified atom stereocenters. The van der Waals surface area contributed by atoms with E-state index >= 15 is 0 Å². The Bertz CT molecular complexity index is 786. The summed E-state index contributed by atoms with van der Waals surface area (Å²) in [5.41, 5.74) is 3.47. The van der Waals surface area contributed by atoms with Crippen molar-refractivity contribution in [3.05, 3.63) is 69.8 Å². The van der Waals surface area contributed by atoms with E-state index < -0.39 is 4.92 Å². The largest absolute Gasteiger partial charge is 0.346 e. The van der Waals surface area contributed by atoms with Crippen LogP contribution < -0.4 is 5.32 Å². The smallest absolute Gasteiger partial charge is 0.269 e. The van der Waals surface area contributed by atoms with Gasteiger partial charge in [0.2, 0.25) is 0 Å². The Morgan fingerprint density at radius 1 is 1.15 bits per heavy atom. The van der Waals surface area contributed by atoms with E-state index in [1.807, 2.05) is 0 Å². The number of hydrogen-bond acceptors (Lipinski definition) is 4. The van der Waals surface area contributed by atoms with Crippen LogP contribution >= 0.6 is 12.2 Å². The van der Waals surface area contributed by atoms with Crippen LogP contribution in [0.2, 0.25) is 0 Å². The lowest BCUT2D eigenvalue weighted by atomic mass is 10.1. The number of benzene rings is 2. The van der Waals surface area contributed by atoms with Crippen molar-refractivity contribution in [1.82, 2.24) is 9.80 Å². The molecular weight excluding hydrogens is 348 g/mol. The molecule has 3 rings (SSSR count). The number of aryl methyl sites for hydroxylation is 1. The van der Waals surface area contributed by atoms with Crippen LogP contribution in [0.15, 0.2) is 48.5 Å². The SMILES string of the molecule is Cc1cccc(CN2CCN(C(=S)Nc3ccc([N+](=O)[O-])cc3)CC2)c1. The number of nitrogens with zero attached hydrogens (tertiary/aromatic N) is 3. The number of nitrogens with one attached hydrogen (secondary N) is 1. The molecule has 1 fully saturated rings. The van der Waals surface area contributed by atoms with Gasteiger partial charge in [0.1, 0.15) is 0 Å². The first-order valence-corrected chi connectivity index (χ1v) is 9.00. The summed E-state index contributed by atoms with van der Waals surface area (Å²) in [6.45, 7) is 6.71. The van der Waals surface area contributed by atoms with E-state index in [9.17, 15) is 10.1 Å². The lowest BCUT2D eigenvalue weighted by molar-refractivity contribution is -0.384. The van der Waals surface area contributed by atoms with Gasteiger partial charge in [-0.2, -0.15) is 0 Å². The monoisotopic (exact) mass is 370 g/mol. The molecule has 0 radical (unpaired) electrons. The van der Waals surface area contributed by atoms with E-state index in [0.717, 1.165) is 38.4 Å². The molecule has 0 aliphatic carbocycles. The summed E-state index contributed by atoms with van der Waals surface area (Å²) >= 11 is 5.49. The number of nitro benzene ring substituents is 1. The second kappa shape index (κ2) is 8.25. The van der Waals surface area contributed by atoms with E-state index in [2.05, 4.69) is 46.3 Å². The van der Waals surface area contributed by atoms with E-state index in [-0.39, 0.29) is 5.69 Å². The van der Waals surface area contributed by atoms with Gasteiger partial charge in [-0.1, -0.05) is 29.8 Å². The molecular formula is C19H22N4O2S. The third-order valence-electron chi connectivity index (χ3n) is 4.48. The van der Waals surface area contributed by atoms with Crippen molar-refractivity contribution in [3.8, 4) is 0 Å². The highest BCUT2D eigenvalue weighted by Gasteiger charge is 2.19. The van der Waals surface area contributed by atoms with Crippen molar-refractivity contribution in [2.75, 3.05) is 31.5 Å². The van der Waals surface area contributed by atoms with Crippen LogP contribution in [-0.4, -0.2) is 46.0 Å². The summed E-state index contributed by atoms with van der Waals surface area (Å²) in [4.78, 5) is 14.9. The molecule has 1 aliphatic rings. The fraction of sp³-hybridized carbons (Fsp3) is 0.316. The average molecular weight is 370 g/mol. The zero-order chi connectivity index (χ0) is 18.5. The van der Waals surface area contributed by atoms with Gasteiger partial charge < -0.3 is 10.2 Å². The fourth-order valence-corrected chi connectivity index (χ4v) is 3.35. The highest BCUT2D eigenvalue weighted by Crippen LogP contribution is 2.16. The van der Waals surface area contributed by atoms with E-state index in [0.29, 0.717) is 5.11 Å². The first-order valence-electron chi connectivity index (χ1n) is 8.59. The molecule has 6 nitrogen and oxygen atoms in total. The summed E-state index contributed by atoms with van der Waals surface area (Å²) in [5, 5.41) is 14.5. The summed E-state index contributed by atoms with van der Waals surface area (Å²) in [6.07, 6.45) is 0. The molecule has 1 heterocycles. The minimum absolute atomic E-state index is 0.0752. The molecule has 0 saturated carbocycles. The quantitative estimate of drug-likeness (QED) is 0.506. The van der Waals surface area contributed by atoms with Crippen molar-refractivity contribution in [3.63, 3.8) is 0 Å². The van der Waals surface area contributed by atoms with Crippen LogP contribution in [0.5, 0.6) is 0 Å². The molecule has 2 aromatic carbocycles. The van der Waals surface area contributed by atoms with Crippen molar-refractivity contribution >= 4 is 28.7 Å². The highest BCUT2D eigenvalue weighted by atomic mass is 32.1. The Morgan fingerprint density at radius 3 is 2.46 bits per heavy atom. The Labute approximate surface area is 158 Å². The molecule has 1 N–H and O–H groups in total. The third-order valence-corrected chi connectivity index (χ3v) is 4.84. The molecule has 7 heteroatoms. The van der Waals surface area contributed by atoms with Gasteiger partial charge in [-0.25, -0.2) is 0 Å². The number of rotatable bonds is 4. The zero-order valence-corrected chi connectivity index (χ0v) is 15.5. The number of thiocarbonyl (C=S) groups is 1. The molecule has 2 aromatic rings. The normalized spacial score (nSPS) is 14.9. The van der Waals surface area contributed by atoms with Crippen LogP contribution in [0, 0.1) is 17.0 Å². The first-order chi connectivity index (χ1) is 12.5. The van der Waals surface area contributed by atoms with Gasteiger partial charge in [0.25, 0.3) is 5.69 Å². The van der Waals surface area contributed by atoms with Crippen molar-refractivity contribution in [1.29, 1.82) is 0 Å². The van der Waals surface area contributed by atoms with Crippen LogP contribution in [0.3, 0.4) is 0 Å². The molecule has 0 aromatic heterocycles. The Hall–Kier alpha value is -2.51. The van der Waals surface area contributed by atoms with Crippen LogP contribution in [0.1, 0.15) is 11.1 Å². The van der Waals surface area contributed by atoms with Gasteiger partial charge in [0, 0.05) is 50.5 Å². The minimum atomic E-state index is -0.407. The summed E-state index contributed by atoms with van der Waals surface area (Å²) < 4.78 is 0. The summed E-state index contributed by atoms with van der Waals surface area (Å²) in [5.74, 6) is 0. The molecule has 0 spiro atoms. The maximum atomic E-state index is 10.7. The number of hydrogen-bond donors (Lipinski definition) is 1. The standard InChI is InChI=1S/C19H22N4O2S/c1-15-3-2-4-16(13-15)14-21-9-11-22(12-10-21)19(26)20-17-5-7-18(8-6-17)23(24)25/h2-8,13H,9-12,14H2,1H3,(H,20,26). The Balaban J connectivity index is 1.49. The average Bonchev–Trinajstić information content (AvgIpc) is 2.63. The Morgan fingerprint density at radius 2 is 1.85 bits per heavy atom. The van der Waals surface area contributed by atoms with Crippen LogP contribution in [-0.2, 0) is 6.54 Å². The van der Waals surface area contributed by atoms with Crippen LogP contribution in [0.25, 0.3) is 0 Å². The van der Waals surface area contributed by atoms with Crippen molar-refractivity contribution < 1.29 is 4.92 Å². The van der Waals surface area contributed by atoms with Gasteiger partial charge in [0.15, 0.2) is 5.11 Å². The zero-order valence-electron chi connectivity index (χ0n) is 14.7. The number of piperazine rings is 1. The summed E-state index contributed by atoms with van der Waals surface area (Å²) in [7, 11) is 0. The van der Waals surface area contributed by atoms with Crippen molar-refractivity contribution in [2.45, 2.75) is 13.5 Å². The molecule has 1 saturated heterocycles. The number of nitro groups is 1. The second-order valence-corrected chi connectivity index (χ2v) is 6.87.